The Morgan fingerprint density at radius 1 is 1.48 bits per heavy atom. The number of ether oxygens (including phenoxy) is 1. The molecule has 0 bridgehead atoms. The number of esters is 1. The van der Waals surface area contributed by atoms with Gasteiger partial charge in [0.25, 0.3) is 0 Å². The van der Waals surface area contributed by atoms with Crippen molar-refractivity contribution in [2.75, 3.05) is 26.0 Å². The van der Waals surface area contributed by atoms with Gasteiger partial charge in [0.05, 0.1) is 25.3 Å². The van der Waals surface area contributed by atoms with Crippen molar-refractivity contribution in [1.29, 1.82) is 0 Å². The standard InChI is InChI=1S/C12H19N5O3S/c1-3-16(7-6-11(19)20-2)10(18)8-21-12-13-14-15-17(12)9-4-5-9/h9H,3-8H2,1-2H3. The molecule has 1 aromatic rings. The second-order valence-electron chi connectivity index (χ2n) is 4.73. The monoisotopic (exact) mass is 313 g/mol. The summed E-state index contributed by atoms with van der Waals surface area (Å²) in [5.74, 6) is -0.0782. The number of hydrogen-bond acceptors (Lipinski definition) is 7. The Bertz CT molecular complexity index is 503. The summed E-state index contributed by atoms with van der Waals surface area (Å²) in [5, 5.41) is 12.2. The number of carbonyl (C=O) groups excluding carboxylic acids is 2. The minimum atomic E-state index is -0.313. The zero-order valence-electron chi connectivity index (χ0n) is 12.2. The summed E-state index contributed by atoms with van der Waals surface area (Å²) in [5.41, 5.74) is 0. The Kier molecular flexibility index (Phi) is 5.54. The van der Waals surface area contributed by atoms with Crippen LogP contribution in [-0.2, 0) is 14.3 Å². The lowest BCUT2D eigenvalue weighted by molar-refractivity contribution is -0.141. The van der Waals surface area contributed by atoms with Crippen molar-refractivity contribution in [3.63, 3.8) is 0 Å². The highest BCUT2D eigenvalue weighted by molar-refractivity contribution is 7.99. The number of hydrogen-bond donors (Lipinski definition) is 0. The van der Waals surface area contributed by atoms with E-state index in [0.29, 0.717) is 24.3 Å². The van der Waals surface area contributed by atoms with E-state index in [-0.39, 0.29) is 24.1 Å². The first kappa shape index (κ1) is 15.7. The molecule has 0 atom stereocenters. The molecule has 116 valence electrons. The van der Waals surface area contributed by atoms with E-state index in [2.05, 4.69) is 20.3 Å². The molecule has 1 fully saturated rings. The smallest absolute Gasteiger partial charge is 0.307 e. The van der Waals surface area contributed by atoms with Crippen LogP contribution in [0, 0.1) is 0 Å². The third-order valence-electron chi connectivity index (χ3n) is 3.23. The normalized spacial score (nSPS) is 14.0. The number of thioether (sulfide) groups is 1. The highest BCUT2D eigenvalue weighted by atomic mass is 32.2. The second-order valence-corrected chi connectivity index (χ2v) is 5.67. The van der Waals surface area contributed by atoms with E-state index < -0.39 is 0 Å². The molecule has 1 aliphatic rings. The molecule has 0 unspecified atom stereocenters. The summed E-state index contributed by atoms with van der Waals surface area (Å²) in [6, 6.07) is 0.388. The molecular formula is C12H19N5O3S. The molecule has 21 heavy (non-hydrogen) atoms. The SMILES string of the molecule is CCN(CCC(=O)OC)C(=O)CSc1nnnn1C1CC1. The van der Waals surface area contributed by atoms with Crippen molar-refractivity contribution in [1.82, 2.24) is 25.1 Å². The molecule has 1 amide bonds. The van der Waals surface area contributed by atoms with Crippen LogP contribution in [-0.4, -0.2) is 62.9 Å². The average molecular weight is 313 g/mol. The molecule has 0 radical (unpaired) electrons. The summed E-state index contributed by atoms with van der Waals surface area (Å²) in [7, 11) is 1.34. The molecule has 1 saturated carbocycles. The van der Waals surface area contributed by atoms with Crippen LogP contribution in [0.15, 0.2) is 5.16 Å². The van der Waals surface area contributed by atoms with Crippen LogP contribution >= 0.6 is 11.8 Å². The maximum Gasteiger partial charge on any atom is 0.307 e. The maximum absolute atomic E-state index is 12.1. The highest BCUT2D eigenvalue weighted by Gasteiger charge is 2.28. The number of methoxy groups -OCH3 is 1. The molecule has 8 nitrogen and oxygen atoms in total. The van der Waals surface area contributed by atoms with Gasteiger partial charge in [0, 0.05) is 13.1 Å². The summed E-state index contributed by atoms with van der Waals surface area (Å²) in [6.45, 7) is 2.81. The van der Waals surface area contributed by atoms with Gasteiger partial charge in [-0.15, -0.1) is 5.10 Å². The number of nitrogens with zero attached hydrogens (tertiary/aromatic N) is 5. The molecule has 0 aliphatic heterocycles. The topological polar surface area (TPSA) is 90.2 Å². The molecule has 9 heteroatoms. The molecule has 0 saturated heterocycles. The fourth-order valence-electron chi connectivity index (χ4n) is 1.83. The molecule has 2 rings (SSSR count). The first-order valence-corrected chi connectivity index (χ1v) is 7.89. The number of rotatable bonds is 8. The Labute approximate surface area is 127 Å². The Hall–Kier alpha value is -1.64. The van der Waals surface area contributed by atoms with Gasteiger partial charge >= 0.3 is 5.97 Å². The van der Waals surface area contributed by atoms with Crippen molar-refractivity contribution >= 4 is 23.6 Å². The van der Waals surface area contributed by atoms with Crippen LogP contribution in [0.3, 0.4) is 0 Å². The van der Waals surface area contributed by atoms with E-state index >= 15 is 0 Å². The summed E-state index contributed by atoms with van der Waals surface area (Å²) >= 11 is 1.33. The average Bonchev–Trinajstić information content (AvgIpc) is 3.23. The van der Waals surface area contributed by atoms with Gasteiger partial charge in [-0.2, -0.15) is 0 Å². The number of amides is 1. The Morgan fingerprint density at radius 3 is 2.86 bits per heavy atom. The van der Waals surface area contributed by atoms with Crippen LogP contribution in [0.25, 0.3) is 0 Å². The van der Waals surface area contributed by atoms with Crippen LogP contribution < -0.4 is 0 Å². The largest absolute Gasteiger partial charge is 0.469 e. The Balaban J connectivity index is 1.81. The second kappa shape index (κ2) is 7.39. The quantitative estimate of drug-likeness (QED) is 0.510. The third kappa shape index (κ3) is 4.42. The molecule has 0 aromatic carbocycles. The van der Waals surface area contributed by atoms with Gasteiger partial charge in [-0.1, -0.05) is 11.8 Å². The lowest BCUT2D eigenvalue weighted by atomic mass is 10.3. The van der Waals surface area contributed by atoms with E-state index in [9.17, 15) is 9.59 Å². The highest BCUT2D eigenvalue weighted by Crippen LogP contribution is 2.36. The van der Waals surface area contributed by atoms with E-state index in [1.807, 2.05) is 6.92 Å². The Morgan fingerprint density at radius 2 is 2.24 bits per heavy atom. The van der Waals surface area contributed by atoms with Crippen molar-refractivity contribution in [3.8, 4) is 0 Å². The zero-order chi connectivity index (χ0) is 15.2. The van der Waals surface area contributed by atoms with Crippen molar-refractivity contribution in [2.24, 2.45) is 0 Å². The van der Waals surface area contributed by atoms with Gasteiger partial charge in [-0.3, -0.25) is 9.59 Å². The molecule has 1 aromatic heterocycles. The predicted octanol–water partition coefficient (Wildman–Crippen LogP) is 0.512. The first-order chi connectivity index (χ1) is 10.2. The molecule has 1 aliphatic carbocycles. The third-order valence-corrected chi connectivity index (χ3v) is 4.15. The lowest BCUT2D eigenvalue weighted by Crippen LogP contribution is -2.34. The molecule has 0 spiro atoms. The first-order valence-electron chi connectivity index (χ1n) is 6.91. The summed E-state index contributed by atoms with van der Waals surface area (Å²) in [4.78, 5) is 24.9. The maximum atomic E-state index is 12.1. The van der Waals surface area contributed by atoms with Crippen LogP contribution in [0.4, 0.5) is 0 Å². The minimum Gasteiger partial charge on any atom is -0.469 e. The van der Waals surface area contributed by atoms with Crippen LogP contribution in [0.2, 0.25) is 0 Å². The molecule has 1 heterocycles. The number of carbonyl (C=O) groups is 2. The van der Waals surface area contributed by atoms with Crippen molar-refractivity contribution < 1.29 is 14.3 Å². The number of tetrazole rings is 1. The molecular weight excluding hydrogens is 294 g/mol. The van der Waals surface area contributed by atoms with Crippen LogP contribution in [0.1, 0.15) is 32.2 Å². The zero-order valence-corrected chi connectivity index (χ0v) is 13.0. The van der Waals surface area contributed by atoms with Crippen molar-refractivity contribution in [2.45, 2.75) is 37.4 Å². The van der Waals surface area contributed by atoms with Gasteiger partial charge < -0.3 is 9.64 Å². The van der Waals surface area contributed by atoms with Crippen molar-refractivity contribution in [3.05, 3.63) is 0 Å². The van der Waals surface area contributed by atoms with E-state index in [1.54, 1.807) is 9.58 Å². The van der Waals surface area contributed by atoms with Crippen LogP contribution in [0.5, 0.6) is 0 Å². The minimum absolute atomic E-state index is 0.0308. The fourth-order valence-corrected chi connectivity index (χ4v) is 2.68. The lowest BCUT2D eigenvalue weighted by Gasteiger charge is -2.19. The van der Waals surface area contributed by atoms with Gasteiger partial charge in [0.1, 0.15) is 0 Å². The van der Waals surface area contributed by atoms with E-state index in [0.717, 1.165) is 12.8 Å². The van der Waals surface area contributed by atoms with Gasteiger partial charge in [-0.25, -0.2) is 4.68 Å². The van der Waals surface area contributed by atoms with E-state index in [1.165, 1.54) is 18.9 Å². The van der Waals surface area contributed by atoms with E-state index in [4.69, 9.17) is 0 Å². The summed E-state index contributed by atoms with van der Waals surface area (Å²) < 4.78 is 6.36. The molecule has 0 N–H and O–H groups in total. The summed E-state index contributed by atoms with van der Waals surface area (Å²) in [6.07, 6.45) is 2.39. The van der Waals surface area contributed by atoms with Gasteiger partial charge in [0.15, 0.2) is 0 Å². The fraction of sp³-hybridized carbons (Fsp3) is 0.750. The predicted molar refractivity (Wildman–Crippen MR) is 75.7 cm³/mol. The van der Waals surface area contributed by atoms with Gasteiger partial charge in [-0.05, 0) is 30.2 Å². The van der Waals surface area contributed by atoms with Gasteiger partial charge in [0.2, 0.25) is 11.1 Å². The number of aromatic nitrogens is 4.